The summed E-state index contributed by atoms with van der Waals surface area (Å²) in [6.45, 7) is 2.60. The van der Waals surface area contributed by atoms with Gasteiger partial charge in [-0.05, 0) is 35.9 Å². The summed E-state index contributed by atoms with van der Waals surface area (Å²) in [6.07, 6.45) is 0. The van der Waals surface area contributed by atoms with Crippen LogP contribution in [0.15, 0.2) is 97.1 Å². The van der Waals surface area contributed by atoms with Gasteiger partial charge in [-0.1, -0.05) is 66.7 Å². The van der Waals surface area contributed by atoms with Gasteiger partial charge in [0.1, 0.15) is 17.2 Å². The number of ketones is 1. The summed E-state index contributed by atoms with van der Waals surface area (Å²) in [7, 11) is 1.64. The van der Waals surface area contributed by atoms with Crippen LogP contribution < -0.4 is 15.5 Å². The number of Topliss-reactive ketones (excluding diaryl/α,β-unsaturated/α-hetero) is 1. The molecule has 0 aromatic heterocycles. The van der Waals surface area contributed by atoms with Crippen LogP contribution in [-0.2, 0) is 10.3 Å². The first-order valence-electron chi connectivity index (χ1n) is 15.1. The molecular weight excluding hydrogens is 574 g/mol. The molecule has 3 heterocycles. The lowest BCUT2D eigenvalue weighted by molar-refractivity contribution is -0.124. The van der Waals surface area contributed by atoms with Gasteiger partial charge >= 0.3 is 0 Å². The monoisotopic (exact) mass is 606 g/mol. The molecule has 228 valence electrons. The highest BCUT2D eigenvalue weighted by atomic mass is 19.1. The van der Waals surface area contributed by atoms with Crippen molar-refractivity contribution in [3.8, 4) is 0 Å². The average molecular weight is 607 g/mol. The van der Waals surface area contributed by atoms with Gasteiger partial charge in [0.25, 0.3) is 11.8 Å². The number of amides is 2. The number of likely N-dealkylation sites (N-methyl/N-ethyl adjacent to an activating group) is 1. The van der Waals surface area contributed by atoms with Crippen LogP contribution in [0.1, 0.15) is 49.4 Å². The lowest BCUT2D eigenvalue weighted by atomic mass is 9.69. The van der Waals surface area contributed by atoms with E-state index in [9.17, 15) is 14.4 Å². The molecule has 2 amide bonds. The van der Waals surface area contributed by atoms with Crippen molar-refractivity contribution in [1.82, 2.24) is 15.5 Å². The summed E-state index contributed by atoms with van der Waals surface area (Å²) in [5.41, 5.74) is 0.735. The zero-order chi connectivity index (χ0) is 31.3. The van der Waals surface area contributed by atoms with Crippen molar-refractivity contribution in [2.75, 3.05) is 38.1 Å². The van der Waals surface area contributed by atoms with Gasteiger partial charge in [-0.2, -0.15) is 0 Å². The first-order valence-corrected chi connectivity index (χ1v) is 15.1. The quantitative estimate of drug-likeness (QED) is 0.319. The molecule has 7 rings (SSSR count). The summed E-state index contributed by atoms with van der Waals surface area (Å²) in [5.74, 6) is -4.11. The molecule has 2 saturated heterocycles. The number of piperazine rings is 1. The van der Waals surface area contributed by atoms with Crippen molar-refractivity contribution in [3.63, 3.8) is 0 Å². The largest absolute Gasteiger partial charge is 0.336 e. The van der Waals surface area contributed by atoms with E-state index in [0.717, 1.165) is 0 Å². The maximum absolute atomic E-state index is 15.8. The maximum atomic E-state index is 15.8. The number of fused-ring (bicyclic) bond motifs is 2. The maximum Gasteiger partial charge on any atom is 0.253 e. The van der Waals surface area contributed by atoms with Crippen LogP contribution in [0, 0.1) is 17.6 Å². The van der Waals surface area contributed by atoms with Crippen molar-refractivity contribution < 1.29 is 23.2 Å². The lowest BCUT2D eigenvalue weighted by Gasteiger charge is -2.32. The zero-order valence-electron chi connectivity index (χ0n) is 24.7. The van der Waals surface area contributed by atoms with Gasteiger partial charge in [-0.15, -0.1) is 0 Å². The Morgan fingerprint density at radius 1 is 0.778 bits per heavy atom. The number of benzene rings is 4. The number of nitrogens with zero attached hydrogens (tertiary/aromatic N) is 2. The summed E-state index contributed by atoms with van der Waals surface area (Å²) < 4.78 is 31.3. The molecule has 1 spiro atoms. The van der Waals surface area contributed by atoms with Crippen molar-refractivity contribution in [3.05, 3.63) is 137 Å². The third kappa shape index (κ3) is 4.57. The summed E-state index contributed by atoms with van der Waals surface area (Å²) in [5, 5.41) is 6.65. The Balaban J connectivity index is 1.40. The summed E-state index contributed by atoms with van der Waals surface area (Å²) in [6, 6.07) is 25.0. The number of halogens is 2. The second-order valence-electron chi connectivity index (χ2n) is 11.8. The molecule has 3 aliphatic heterocycles. The van der Waals surface area contributed by atoms with Crippen LogP contribution in [0.25, 0.3) is 0 Å². The Morgan fingerprint density at radius 3 is 2.02 bits per heavy atom. The smallest absolute Gasteiger partial charge is 0.253 e. The molecular formula is C36H32F2N4O3. The first kappa shape index (κ1) is 29.0. The van der Waals surface area contributed by atoms with Crippen molar-refractivity contribution in [2.24, 2.45) is 5.92 Å². The van der Waals surface area contributed by atoms with Crippen LogP contribution in [0.5, 0.6) is 0 Å². The van der Waals surface area contributed by atoms with Crippen LogP contribution in [0.4, 0.5) is 14.5 Å². The molecule has 0 aliphatic carbocycles. The third-order valence-electron chi connectivity index (χ3n) is 9.51. The van der Waals surface area contributed by atoms with Crippen molar-refractivity contribution >= 4 is 23.3 Å². The van der Waals surface area contributed by atoms with Crippen LogP contribution in [0.3, 0.4) is 0 Å². The first-order chi connectivity index (χ1) is 21.8. The van der Waals surface area contributed by atoms with Crippen molar-refractivity contribution in [1.29, 1.82) is 0 Å². The lowest BCUT2D eigenvalue weighted by Crippen LogP contribution is -2.52. The molecule has 3 aliphatic rings. The Labute approximate surface area is 259 Å². The molecule has 0 bridgehead atoms. The number of rotatable bonds is 5. The minimum Gasteiger partial charge on any atom is -0.336 e. The summed E-state index contributed by atoms with van der Waals surface area (Å²) >= 11 is 0. The van der Waals surface area contributed by atoms with E-state index in [1.807, 2.05) is 6.07 Å². The molecule has 7 nitrogen and oxygen atoms in total. The van der Waals surface area contributed by atoms with E-state index in [1.54, 1.807) is 90.8 Å². The Hall–Kier alpha value is -4.73. The predicted octanol–water partition coefficient (Wildman–Crippen LogP) is 4.81. The number of hydrogen-bond acceptors (Lipinski definition) is 5. The van der Waals surface area contributed by atoms with Crippen LogP contribution >= 0.6 is 0 Å². The van der Waals surface area contributed by atoms with E-state index in [4.69, 9.17) is 0 Å². The molecule has 0 radical (unpaired) electrons. The normalized spacial score (nSPS) is 24.2. The van der Waals surface area contributed by atoms with Crippen molar-refractivity contribution in [2.45, 2.75) is 17.5 Å². The van der Waals surface area contributed by atoms with Gasteiger partial charge in [0.2, 0.25) is 0 Å². The second-order valence-corrected chi connectivity index (χ2v) is 11.8. The number of hydrogen-bond donors (Lipinski definition) is 2. The predicted molar refractivity (Wildman–Crippen MR) is 166 cm³/mol. The standard InChI is InChI=1S/C36H32F2N4O3/c1-41-29-13-7-4-10-26(29)36(35(41)45)31(33(43)22-14-16-23(17-15-22)34(44)42-20-18-39-19-21-42)30(24-8-2-5-11-27(24)37)32(40-36)25-9-3-6-12-28(25)38/h2-17,30-32,39-40H,18-21H2,1H3/t30-,31+,32+,36-/m1/s1. The number of nitrogens with one attached hydrogen (secondary N) is 2. The van der Waals surface area contributed by atoms with Gasteiger partial charge in [0.05, 0.1) is 5.92 Å². The molecule has 0 saturated carbocycles. The van der Waals surface area contributed by atoms with Crippen LogP contribution in [-0.4, -0.2) is 55.7 Å². The molecule has 2 fully saturated rings. The Kier molecular flexibility index (Phi) is 7.30. The molecule has 45 heavy (non-hydrogen) atoms. The number of carbonyl (C=O) groups excluding carboxylic acids is 3. The fourth-order valence-electron chi connectivity index (χ4n) is 7.39. The minimum absolute atomic E-state index is 0.125. The van der Waals surface area contributed by atoms with E-state index >= 15 is 8.78 Å². The Morgan fingerprint density at radius 2 is 1.36 bits per heavy atom. The van der Waals surface area contributed by atoms with Gasteiger partial charge < -0.3 is 15.1 Å². The van der Waals surface area contributed by atoms with E-state index in [2.05, 4.69) is 10.6 Å². The molecule has 2 N–H and O–H groups in total. The van der Waals surface area contributed by atoms with Gasteiger partial charge in [-0.3, -0.25) is 19.7 Å². The van der Waals surface area contributed by atoms with E-state index in [1.165, 1.54) is 17.0 Å². The van der Waals surface area contributed by atoms with Gasteiger partial charge in [0, 0.05) is 73.1 Å². The zero-order valence-corrected chi connectivity index (χ0v) is 24.7. The topological polar surface area (TPSA) is 81.8 Å². The van der Waals surface area contributed by atoms with E-state index in [0.29, 0.717) is 43.0 Å². The van der Waals surface area contributed by atoms with Gasteiger partial charge in [0.15, 0.2) is 5.78 Å². The molecule has 4 aromatic rings. The third-order valence-corrected chi connectivity index (χ3v) is 9.51. The average Bonchev–Trinajstić information content (AvgIpc) is 3.53. The Bertz CT molecular complexity index is 1810. The molecule has 9 heteroatoms. The fraction of sp³-hybridized carbons (Fsp3) is 0.250. The number of para-hydroxylation sites is 1. The van der Waals surface area contributed by atoms with Crippen LogP contribution in [0.2, 0.25) is 0 Å². The highest BCUT2D eigenvalue weighted by molar-refractivity contribution is 6.13. The highest BCUT2D eigenvalue weighted by Crippen LogP contribution is 2.59. The minimum atomic E-state index is -1.61. The van der Waals surface area contributed by atoms with E-state index < -0.39 is 40.8 Å². The molecule has 4 atom stereocenters. The SMILES string of the molecule is CN1C(=O)[C@@]2(N[C@@H](c3ccccc3F)[C@H](c3ccccc3F)[C@H]2C(=O)c2ccc(C(=O)N3CCNCC3)cc2)c2ccccc21. The van der Waals surface area contributed by atoms with E-state index in [-0.39, 0.29) is 28.5 Å². The summed E-state index contributed by atoms with van der Waals surface area (Å²) in [4.78, 5) is 45.7. The highest BCUT2D eigenvalue weighted by Gasteiger charge is 2.66. The van der Waals surface area contributed by atoms with Gasteiger partial charge in [-0.25, -0.2) is 8.78 Å². The molecule has 0 unspecified atom stereocenters. The second kappa shape index (κ2) is 11.3. The molecule has 4 aromatic carbocycles. The number of anilines is 1. The number of carbonyl (C=O) groups is 3. The fourth-order valence-corrected chi connectivity index (χ4v) is 7.39.